The monoisotopic (exact) mass is 267 g/mol. The van der Waals surface area contributed by atoms with Crippen molar-refractivity contribution in [2.75, 3.05) is 14.1 Å². The third-order valence-electron chi connectivity index (χ3n) is 2.65. The lowest BCUT2D eigenvalue weighted by Crippen LogP contribution is -2.14. The van der Waals surface area contributed by atoms with E-state index in [9.17, 15) is 4.79 Å². The maximum atomic E-state index is 12.3. The summed E-state index contributed by atoms with van der Waals surface area (Å²) in [7, 11) is 3.75. The highest BCUT2D eigenvalue weighted by Gasteiger charge is 2.14. The highest BCUT2D eigenvalue weighted by Crippen LogP contribution is 2.18. The lowest BCUT2D eigenvalue weighted by molar-refractivity contribution is -0.128. The van der Waals surface area contributed by atoms with E-state index in [2.05, 4.69) is 0 Å². The molecule has 0 fully saturated rings. The molecule has 0 saturated heterocycles. The molecule has 0 atom stereocenters. The summed E-state index contributed by atoms with van der Waals surface area (Å²) in [4.78, 5) is 14.2. The van der Waals surface area contributed by atoms with Crippen molar-refractivity contribution in [3.8, 4) is 5.75 Å². The van der Waals surface area contributed by atoms with Gasteiger partial charge in [0.1, 0.15) is 5.75 Å². The van der Waals surface area contributed by atoms with E-state index in [0.717, 1.165) is 5.56 Å². The van der Waals surface area contributed by atoms with Gasteiger partial charge in [-0.25, -0.2) is 4.79 Å². The number of carbonyl (C=O) groups is 1. The van der Waals surface area contributed by atoms with Gasteiger partial charge in [-0.2, -0.15) is 0 Å². The Morgan fingerprint density at radius 1 is 0.950 bits per heavy atom. The van der Waals surface area contributed by atoms with E-state index in [-0.39, 0.29) is 5.97 Å². The van der Waals surface area contributed by atoms with Crippen molar-refractivity contribution in [1.29, 1.82) is 0 Å². The zero-order valence-corrected chi connectivity index (χ0v) is 11.6. The Balaban J connectivity index is 2.26. The first-order chi connectivity index (χ1) is 9.66. The smallest absolute Gasteiger partial charge is 0.345 e. The summed E-state index contributed by atoms with van der Waals surface area (Å²) in [5.41, 5.74) is 1.36. The second-order valence-electron chi connectivity index (χ2n) is 4.57. The Morgan fingerprint density at radius 3 is 2.05 bits per heavy atom. The first-order valence-electron chi connectivity index (χ1n) is 6.38. The van der Waals surface area contributed by atoms with Crippen LogP contribution >= 0.6 is 0 Å². The quantitative estimate of drug-likeness (QED) is 0.484. The van der Waals surface area contributed by atoms with Crippen LogP contribution in [0.4, 0.5) is 0 Å². The molecule has 3 nitrogen and oxygen atoms in total. The number of para-hydroxylation sites is 1. The molecule has 2 aromatic rings. The minimum absolute atomic E-state index is 0.365. The standard InChI is InChI=1S/C17H17NO2/c1-18(2)13-16(14-9-5-3-6-10-14)17(19)20-15-11-7-4-8-12-15/h3-13H,1-2H3/b16-13+. The van der Waals surface area contributed by atoms with Gasteiger partial charge >= 0.3 is 5.97 Å². The highest BCUT2D eigenvalue weighted by atomic mass is 16.5. The molecule has 0 amide bonds. The lowest BCUT2D eigenvalue weighted by Gasteiger charge is -2.12. The van der Waals surface area contributed by atoms with Crippen LogP contribution in [0, 0.1) is 0 Å². The summed E-state index contributed by atoms with van der Waals surface area (Å²) >= 11 is 0. The van der Waals surface area contributed by atoms with E-state index < -0.39 is 0 Å². The summed E-state index contributed by atoms with van der Waals surface area (Å²) in [6.45, 7) is 0. The van der Waals surface area contributed by atoms with E-state index in [1.54, 1.807) is 18.3 Å². The van der Waals surface area contributed by atoms with Crippen LogP contribution in [0.3, 0.4) is 0 Å². The van der Waals surface area contributed by atoms with Crippen LogP contribution in [-0.4, -0.2) is 25.0 Å². The number of benzene rings is 2. The third kappa shape index (κ3) is 3.72. The largest absolute Gasteiger partial charge is 0.423 e. The van der Waals surface area contributed by atoms with Gasteiger partial charge < -0.3 is 9.64 Å². The molecule has 3 heteroatoms. The topological polar surface area (TPSA) is 29.5 Å². The first kappa shape index (κ1) is 13.9. The van der Waals surface area contributed by atoms with Crippen molar-refractivity contribution in [2.24, 2.45) is 0 Å². The molecule has 0 radical (unpaired) electrons. The van der Waals surface area contributed by atoms with Gasteiger partial charge in [0.05, 0.1) is 5.57 Å². The van der Waals surface area contributed by atoms with Crippen molar-refractivity contribution in [1.82, 2.24) is 4.90 Å². The average molecular weight is 267 g/mol. The van der Waals surface area contributed by atoms with Crippen molar-refractivity contribution >= 4 is 11.5 Å². The third-order valence-corrected chi connectivity index (χ3v) is 2.65. The van der Waals surface area contributed by atoms with Crippen molar-refractivity contribution < 1.29 is 9.53 Å². The molecule has 0 heterocycles. The molecule has 0 saturated carbocycles. The van der Waals surface area contributed by atoms with Crippen LogP contribution in [0.5, 0.6) is 5.75 Å². The van der Waals surface area contributed by atoms with Crippen LogP contribution in [0.1, 0.15) is 5.56 Å². The minimum Gasteiger partial charge on any atom is -0.423 e. The molecule has 20 heavy (non-hydrogen) atoms. The van der Waals surface area contributed by atoms with E-state index >= 15 is 0 Å². The van der Waals surface area contributed by atoms with Crippen molar-refractivity contribution in [2.45, 2.75) is 0 Å². The molecule has 0 unspecified atom stereocenters. The van der Waals surface area contributed by atoms with Gasteiger partial charge in [0.25, 0.3) is 0 Å². The fourth-order valence-corrected chi connectivity index (χ4v) is 1.77. The minimum atomic E-state index is -0.365. The van der Waals surface area contributed by atoms with Crippen molar-refractivity contribution in [3.05, 3.63) is 72.4 Å². The molecule has 2 rings (SSSR count). The number of esters is 1. The predicted octanol–water partition coefficient (Wildman–Crippen LogP) is 3.19. The lowest BCUT2D eigenvalue weighted by atomic mass is 10.1. The van der Waals surface area contributed by atoms with Gasteiger partial charge in [-0.1, -0.05) is 48.5 Å². The number of nitrogens with zero attached hydrogens (tertiary/aromatic N) is 1. The van der Waals surface area contributed by atoms with E-state index in [1.165, 1.54) is 0 Å². The number of rotatable bonds is 4. The fraction of sp³-hybridized carbons (Fsp3) is 0.118. The van der Waals surface area contributed by atoms with Gasteiger partial charge in [0, 0.05) is 20.3 Å². The summed E-state index contributed by atoms with van der Waals surface area (Å²) < 4.78 is 5.40. The molecule has 0 N–H and O–H groups in total. The molecule has 0 aliphatic heterocycles. The SMILES string of the molecule is CN(C)/C=C(/C(=O)Oc1ccccc1)c1ccccc1. The predicted molar refractivity (Wildman–Crippen MR) is 80.2 cm³/mol. The molecule has 0 aromatic heterocycles. The van der Waals surface area contributed by atoms with Gasteiger partial charge in [-0.3, -0.25) is 0 Å². The van der Waals surface area contributed by atoms with Crippen LogP contribution in [0.25, 0.3) is 5.57 Å². The molecule has 0 bridgehead atoms. The maximum Gasteiger partial charge on any atom is 0.345 e. The fourth-order valence-electron chi connectivity index (χ4n) is 1.77. The summed E-state index contributed by atoms with van der Waals surface area (Å²) in [5, 5.41) is 0. The normalized spacial score (nSPS) is 11.0. The molecule has 0 spiro atoms. The van der Waals surface area contributed by atoms with Gasteiger partial charge in [0.2, 0.25) is 0 Å². The van der Waals surface area contributed by atoms with Gasteiger partial charge in [0.15, 0.2) is 0 Å². The molecule has 0 aliphatic carbocycles. The van der Waals surface area contributed by atoms with E-state index in [4.69, 9.17) is 4.74 Å². The van der Waals surface area contributed by atoms with Crippen LogP contribution in [-0.2, 0) is 4.79 Å². The summed E-state index contributed by atoms with van der Waals surface area (Å²) in [5.74, 6) is 0.175. The van der Waals surface area contributed by atoms with E-state index in [0.29, 0.717) is 11.3 Å². The zero-order chi connectivity index (χ0) is 14.4. The molecule has 2 aromatic carbocycles. The summed E-state index contributed by atoms with van der Waals surface area (Å²) in [6.07, 6.45) is 1.76. The number of hydrogen-bond donors (Lipinski definition) is 0. The number of ether oxygens (including phenoxy) is 1. The molecule has 0 aliphatic rings. The van der Waals surface area contributed by atoms with Crippen LogP contribution < -0.4 is 4.74 Å². The number of carbonyl (C=O) groups excluding carboxylic acids is 1. The average Bonchev–Trinajstić information content (AvgIpc) is 2.46. The Morgan fingerprint density at radius 2 is 1.50 bits per heavy atom. The molecular weight excluding hydrogens is 250 g/mol. The molecular formula is C17H17NO2. The van der Waals surface area contributed by atoms with Crippen molar-refractivity contribution in [3.63, 3.8) is 0 Å². The van der Waals surface area contributed by atoms with Gasteiger partial charge in [-0.05, 0) is 17.7 Å². The Hall–Kier alpha value is -2.55. The zero-order valence-electron chi connectivity index (χ0n) is 11.6. The Labute approximate surface area is 119 Å². The van der Waals surface area contributed by atoms with Crippen LogP contribution in [0.2, 0.25) is 0 Å². The maximum absolute atomic E-state index is 12.3. The van der Waals surface area contributed by atoms with E-state index in [1.807, 2.05) is 67.5 Å². The Bertz CT molecular complexity index is 589. The summed E-state index contributed by atoms with van der Waals surface area (Å²) in [6, 6.07) is 18.6. The van der Waals surface area contributed by atoms with Crippen LogP contribution in [0.15, 0.2) is 66.9 Å². The second-order valence-corrected chi connectivity index (χ2v) is 4.57. The first-order valence-corrected chi connectivity index (χ1v) is 6.38. The Kier molecular flexibility index (Phi) is 4.56. The second kappa shape index (κ2) is 6.57. The highest BCUT2D eigenvalue weighted by molar-refractivity contribution is 6.17. The number of hydrogen-bond acceptors (Lipinski definition) is 3. The van der Waals surface area contributed by atoms with Gasteiger partial charge in [-0.15, -0.1) is 0 Å². The molecule has 102 valence electrons.